The minimum absolute atomic E-state index is 0.0125. The highest BCUT2D eigenvalue weighted by Gasteiger charge is 1.98. The van der Waals surface area contributed by atoms with Crippen LogP contribution in [-0.2, 0) is 9.59 Å². The van der Waals surface area contributed by atoms with Crippen molar-refractivity contribution in [3.63, 3.8) is 0 Å². The Labute approximate surface area is 116 Å². The zero-order valence-corrected chi connectivity index (χ0v) is 13.7. The number of aryl methyl sites for hydroxylation is 1. The average Bonchev–Trinajstić information content (AvgIpc) is 2.69. The second-order valence-corrected chi connectivity index (χ2v) is 3.80. The van der Waals surface area contributed by atoms with Crippen molar-refractivity contribution in [3.8, 4) is 0 Å². The van der Waals surface area contributed by atoms with Crippen LogP contribution in [0.1, 0.15) is 54.0 Å². The number of Topliss-reactive ketones (excluding diaryl/α,β-unsaturated/α-hetero) is 1. The van der Waals surface area contributed by atoms with Gasteiger partial charge in [-0.25, -0.2) is 0 Å². The van der Waals surface area contributed by atoms with E-state index >= 15 is 0 Å². The third-order valence-electron chi connectivity index (χ3n) is 1.17. The third kappa shape index (κ3) is 17.2. The highest BCUT2D eigenvalue weighted by atomic mass is 32.1. The standard InChI is InChI=1S/C7H9NOS.C3H6O.2C2H6/c1-5-3-10-4-7(5)8-6(2)9;1-3(2)4;2*1-2/h3-4H,1-2H3,(H,8,9);1-2H3;2*1-2H3. The summed E-state index contributed by atoms with van der Waals surface area (Å²) in [5.74, 6) is 0.154. The van der Waals surface area contributed by atoms with Gasteiger partial charge in [-0.2, -0.15) is 0 Å². The fourth-order valence-corrected chi connectivity index (χ4v) is 1.46. The predicted molar refractivity (Wildman–Crippen MR) is 82.4 cm³/mol. The van der Waals surface area contributed by atoms with Gasteiger partial charge in [0.1, 0.15) is 5.78 Å². The summed E-state index contributed by atoms with van der Waals surface area (Å²) in [6, 6.07) is 0. The summed E-state index contributed by atoms with van der Waals surface area (Å²) in [6.45, 7) is 14.5. The van der Waals surface area contributed by atoms with Gasteiger partial charge in [-0.1, -0.05) is 27.7 Å². The van der Waals surface area contributed by atoms with E-state index in [2.05, 4.69) is 5.32 Å². The summed E-state index contributed by atoms with van der Waals surface area (Å²) in [6.07, 6.45) is 0. The molecule has 0 aliphatic heterocycles. The molecule has 1 aromatic heterocycles. The van der Waals surface area contributed by atoms with Crippen LogP contribution in [0.3, 0.4) is 0 Å². The number of carbonyl (C=O) groups excluding carboxylic acids is 2. The minimum atomic E-state index is -0.0125. The van der Waals surface area contributed by atoms with Gasteiger partial charge >= 0.3 is 0 Å². The van der Waals surface area contributed by atoms with Crippen LogP contribution in [0.5, 0.6) is 0 Å². The Kier molecular flexibility index (Phi) is 19.4. The average molecular weight is 273 g/mol. The molecule has 0 aliphatic carbocycles. The smallest absolute Gasteiger partial charge is 0.221 e. The number of hydrogen-bond acceptors (Lipinski definition) is 3. The van der Waals surface area contributed by atoms with Crippen LogP contribution in [0.4, 0.5) is 5.69 Å². The van der Waals surface area contributed by atoms with Gasteiger partial charge < -0.3 is 10.1 Å². The molecule has 0 aromatic carbocycles. The summed E-state index contributed by atoms with van der Waals surface area (Å²) in [4.78, 5) is 20.0. The van der Waals surface area contributed by atoms with E-state index in [9.17, 15) is 9.59 Å². The molecule has 0 spiro atoms. The van der Waals surface area contributed by atoms with E-state index in [1.165, 1.54) is 20.8 Å². The number of ketones is 1. The van der Waals surface area contributed by atoms with Crippen molar-refractivity contribution in [2.24, 2.45) is 0 Å². The highest BCUT2D eigenvalue weighted by Crippen LogP contribution is 2.18. The summed E-state index contributed by atoms with van der Waals surface area (Å²) in [5.41, 5.74) is 2.05. The van der Waals surface area contributed by atoms with Gasteiger partial charge in [-0.3, -0.25) is 4.79 Å². The second kappa shape index (κ2) is 15.8. The van der Waals surface area contributed by atoms with E-state index in [0.29, 0.717) is 0 Å². The Morgan fingerprint density at radius 1 is 1.00 bits per heavy atom. The molecule has 1 rings (SSSR count). The Bertz CT molecular complexity index is 315. The lowest BCUT2D eigenvalue weighted by Gasteiger charge is -1.97. The van der Waals surface area contributed by atoms with E-state index in [1.54, 1.807) is 11.3 Å². The van der Waals surface area contributed by atoms with Crippen molar-refractivity contribution in [3.05, 3.63) is 16.3 Å². The molecule has 0 unspecified atom stereocenters. The number of thiophene rings is 1. The maximum absolute atomic E-state index is 10.6. The molecule has 0 atom stereocenters. The Morgan fingerprint density at radius 2 is 1.39 bits per heavy atom. The predicted octanol–water partition coefficient (Wildman–Crippen LogP) is 4.66. The van der Waals surface area contributed by atoms with E-state index in [-0.39, 0.29) is 11.7 Å². The summed E-state index contributed by atoms with van der Waals surface area (Å²) in [7, 11) is 0. The number of nitrogens with one attached hydrogen (secondary N) is 1. The van der Waals surface area contributed by atoms with Crippen LogP contribution in [0.2, 0.25) is 0 Å². The normalized spacial score (nSPS) is 7.33. The maximum atomic E-state index is 10.6. The third-order valence-corrected chi connectivity index (χ3v) is 2.03. The van der Waals surface area contributed by atoms with E-state index in [1.807, 2.05) is 45.4 Å². The molecular formula is C14H27NO2S. The summed E-state index contributed by atoms with van der Waals surface area (Å²) < 4.78 is 0. The molecular weight excluding hydrogens is 246 g/mol. The second-order valence-electron chi connectivity index (χ2n) is 3.06. The fourth-order valence-electron chi connectivity index (χ4n) is 0.678. The molecule has 0 aliphatic rings. The number of amides is 1. The molecule has 1 heterocycles. The van der Waals surface area contributed by atoms with E-state index in [0.717, 1.165) is 11.3 Å². The summed E-state index contributed by atoms with van der Waals surface area (Å²) in [5, 5.41) is 6.66. The van der Waals surface area contributed by atoms with E-state index in [4.69, 9.17) is 0 Å². The van der Waals surface area contributed by atoms with Crippen LogP contribution in [0.25, 0.3) is 0 Å². The molecule has 18 heavy (non-hydrogen) atoms. The van der Waals surface area contributed by atoms with Gasteiger partial charge in [0.2, 0.25) is 5.91 Å². The molecule has 1 N–H and O–H groups in total. The highest BCUT2D eigenvalue weighted by molar-refractivity contribution is 7.08. The molecule has 106 valence electrons. The number of anilines is 1. The molecule has 4 heteroatoms. The van der Waals surface area contributed by atoms with Crippen molar-refractivity contribution in [1.29, 1.82) is 0 Å². The van der Waals surface area contributed by atoms with Gasteiger partial charge in [0.25, 0.3) is 0 Å². The van der Waals surface area contributed by atoms with Crippen LogP contribution in [0, 0.1) is 6.92 Å². The lowest BCUT2D eigenvalue weighted by atomic mass is 10.3. The zero-order chi connectivity index (χ0) is 15.1. The molecule has 0 radical (unpaired) electrons. The molecule has 3 nitrogen and oxygen atoms in total. The van der Waals surface area contributed by atoms with Crippen LogP contribution in [0.15, 0.2) is 10.8 Å². The first kappa shape index (κ1) is 22.1. The SMILES string of the molecule is CC.CC.CC(=O)Nc1cscc1C.CC(C)=O. The number of hydrogen-bond donors (Lipinski definition) is 1. The Morgan fingerprint density at radius 3 is 1.61 bits per heavy atom. The van der Waals surface area contributed by atoms with Crippen LogP contribution >= 0.6 is 11.3 Å². The van der Waals surface area contributed by atoms with Crippen molar-refractivity contribution in [2.45, 2.75) is 55.4 Å². The molecule has 0 saturated carbocycles. The van der Waals surface area contributed by atoms with Crippen molar-refractivity contribution in [1.82, 2.24) is 0 Å². The monoisotopic (exact) mass is 273 g/mol. The van der Waals surface area contributed by atoms with Crippen molar-refractivity contribution < 1.29 is 9.59 Å². The van der Waals surface area contributed by atoms with Crippen LogP contribution in [-0.4, -0.2) is 11.7 Å². The van der Waals surface area contributed by atoms with Crippen LogP contribution < -0.4 is 5.32 Å². The zero-order valence-electron chi connectivity index (χ0n) is 12.9. The molecule has 1 aromatic rings. The molecule has 0 fully saturated rings. The lowest BCUT2D eigenvalue weighted by molar-refractivity contribution is -0.115. The lowest BCUT2D eigenvalue weighted by Crippen LogP contribution is -2.05. The molecule has 0 bridgehead atoms. The Hall–Kier alpha value is -1.16. The van der Waals surface area contributed by atoms with Gasteiger partial charge in [0.15, 0.2) is 0 Å². The largest absolute Gasteiger partial charge is 0.325 e. The molecule has 1 amide bonds. The topological polar surface area (TPSA) is 46.2 Å². The first-order chi connectivity index (χ1) is 8.43. The van der Waals surface area contributed by atoms with E-state index < -0.39 is 0 Å². The first-order valence-electron chi connectivity index (χ1n) is 6.21. The number of rotatable bonds is 1. The van der Waals surface area contributed by atoms with Crippen molar-refractivity contribution >= 4 is 28.7 Å². The van der Waals surface area contributed by atoms with Gasteiger partial charge in [0, 0.05) is 12.3 Å². The minimum Gasteiger partial charge on any atom is -0.325 e. The Balaban J connectivity index is -0.000000238. The van der Waals surface area contributed by atoms with Gasteiger partial charge in [0.05, 0.1) is 5.69 Å². The summed E-state index contributed by atoms with van der Waals surface area (Å²) >= 11 is 1.59. The van der Waals surface area contributed by atoms with Gasteiger partial charge in [-0.05, 0) is 31.7 Å². The fraction of sp³-hybridized carbons (Fsp3) is 0.571. The number of carbonyl (C=O) groups is 2. The maximum Gasteiger partial charge on any atom is 0.221 e. The van der Waals surface area contributed by atoms with Gasteiger partial charge in [-0.15, -0.1) is 11.3 Å². The quantitative estimate of drug-likeness (QED) is 0.808. The van der Waals surface area contributed by atoms with Crippen molar-refractivity contribution in [2.75, 3.05) is 5.32 Å². The molecule has 0 saturated heterocycles. The first-order valence-corrected chi connectivity index (χ1v) is 7.15.